The summed E-state index contributed by atoms with van der Waals surface area (Å²) < 4.78 is 26.5. The Morgan fingerprint density at radius 2 is 2.14 bits per heavy atom. The minimum atomic E-state index is -3.18. The van der Waals surface area contributed by atoms with Crippen molar-refractivity contribution < 1.29 is 8.42 Å². The summed E-state index contributed by atoms with van der Waals surface area (Å²) in [5.74, 6) is 0.0963. The second kappa shape index (κ2) is 6.48. The molecule has 120 valence electrons. The molecule has 0 spiro atoms. The molecule has 0 aromatic rings. The largest absolute Gasteiger partial charge is 0.319 e. The number of aliphatic imine (C=N–C) groups is 1. The van der Waals surface area contributed by atoms with Gasteiger partial charge in [0.1, 0.15) is 0 Å². The van der Waals surface area contributed by atoms with Crippen molar-refractivity contribution in [1.29, 1.82) is 0 Å². The van der Waals surface area contributed by atoms with Gasteiger partial charge in [-0.15, -0.1) is 0 Å². The number of hydrogen-bond donors (Lipinski definition) is 1. The highest BCUT2D eigenvalue weighted by Crippen LogP contribution is 2.28. The minimum Gasteiger partial charge on any atom is -0.319 e. The van der Waals surface area contributed by atoms with Gasteiger partial charge in [0.2, 0.25) is 10.0 Å². The Balaban J connectivity index is 1.76. The van der Waals surface area contributed by atoms with Crippen molar-refractivity contribution in [2.24, 2.45) is 4.99 Å². The van der Waals surface area contributed by atoms with Crippen LogP contribution < -0.4 is 5.32 Å². The molecule has 22 heavy (non-hydrogen) atoms. The fourth-order valence-corrected chi connectivity index (χ4v) is 4.73. The van der Waals surface area contributed by atoms with Crippen LogP contribution >= 0.6 is 0 Å². The van der Waals surface area contributed by atoms with Crippen molar-refractivity contribution >= 4 is 16.2 Å². The van der Waals surface area contributed by atoms with Crippen LogP contribution in [0.15, 0.2) is 39.9 Å². The van der Waals surface area contributed by atoms with E-state index in [1.54, 1.807) is 4.31 Å². The summed E-state index contributed by atoms with van der Waals surface area (Å²) in [7, 11) is -1.25. The lowest BCUT2D eigenvalue weighted by molar-refractivity contribution is 0.480. The van der Waals surface area contributed by atoms with Gasteiger partial charge >= 0.3 is 0 Å². The van der Waals surface area contributed by atoms with E-state index >= 15 is 0 Å². The number of nitrogens with one attached hydrogen (secondary N) is 1. The van der Waals surface area contributed by atoms with Gasteiger partial charge in [0, 0.05) is 19.3 Å². The summed E-state index contributed by atoms with van der Waals surface area (Å²) in [4.78, 5) is 4.48. The molecule has 0 aromatic heterocycles. The lowest BCUT2D eigenvalue weighted by atomic mass is 9.95. The molecular weight excluding hydrogens is 298 g/mol. The zero-order chi connectivity index (χ0) is 15.6. The van der Waals surface area contributed by atoms with E-state index in [1.807, 2.05) is 31.5 Å². The standard InChI is InChI=1S/C16H23N3O2S/c1-17-7-6-14-11-18-16-5-4-13(10-15(14)16)12-22(20,21)19-8-2-3-9-19/h4-5,10-11,16-17H,2-3,6-9,12H2,1H3/t16-/m1/s1. The number of fused-ring (bicyclic) bond motifs is 1. The monoisotopic (exact) mass is 321 g/mol. The van der Waals surface area contributed by atoms with Crippen LogP contribution in [-0.2, 0) is 10.0 Å². The van der Waals surface area contributed by atoms with E-state index in [2.05, 4.69) is 10.3 Å². The van der Waals surface area contributed by atoms with E-state index in [0.29, 0.717) is 13.1 Å². The zero-order valence-corrected chi connectivity index (χ0v) is 13.8. The maximum Gasteiger partial charge on any atom is 0.218 e. The molecule has 1 aliphatic carbocycles. The lowest BCUT2D eigenvalue weighted by Gasteiger charge is -2.19. The molecule has 2 aliphatic heterocycles. The maximum absolute atomic E-state index is 12.4. The first-order chi connectivity index (χ1) is 10.6. The molecule has 2 heterocycles. The summed E-state index contributed by atoms with van der Waals surface area (Å²) in [6.45, 7) is 2.24. The van der Waals surface area contributed by atoms with Crippen LogP contribution in [0.4, 0.5) is 0 Å². The third-order valence-electron chi connectivity index (χ3n) is 4.37. The molecular formula is C16H23N3O2S. The predicted octanol–water partition coefficient (Wildman–Crippen LogP) is 1.27. The molecule has 1 fully saturated rings. The first-order valence-corrected chi connectivity index (χ1v) is 9.48. The Bertz CT molecular complexity index is 653. The number of allylic oxidation sites excluding steroid dienone is 1. The Morgan fingerprint density at radius 3 is 2.86 bits per heavy atom. The highest BCUT2D eigenvalue weighted by Gasteiger charge is 2.28. The second-order valence-electron chi connectivity index (χ2n) is 6.00. The SMILES string of the molecule is CNCCC1=C2C=C(CS(=O)(=O)N3CCCC3)C=C[C@H]2N=C1. The smallest absolute Gasteiger partial charge is 0.218 e. The molecule has 1 N–H and O–H groups in total. The fourth-order valence-electron chi connectivity index (χ4n) is 3.14. The van der Waals surface area contributed by atoms with E-state index in [9.17, 15) is 8.42 Å². The quantitative estimate of drug-likeness (QED) is 0.801. The van der Waals surface area contributed by atoms with Gasteiger partial charge in [-0.2, -0.15) is 0 Å². The Kier molecular flexibility index (Phi) is 4.61. The van der Waals surface area contributed by atoms with Crippen molar-refractivity contribution in [3.8, 4) is 0 Å². The first kappa shape index (κ1) is 15.6. The summed E-state index contributed by atoms with van der Waals surface area (Å²) in [5, 5.41) is 3.14. The number of sulfonamides is 1. The lowest BCUT2D eigenvalue weighted by Crippen LogP contribution is -2.31. The molecule has 6 heteroatoms. The Morgan fingerprint density at radius 1 is 1.36 bits per heavy atom. The van der Waals surface area contributed by atoms with E-state index in [4.69, 9.17) is 0 Å². The summed E-state index contributed by atoms with van der Waals surface area (Å²) in [5.41, 5.74) is 3.23. The van der Waals surface area contributed by atoms with Gasteiger partial charge in [-0.05, 0) is 49.6 Å². The molecule has 3 rings (SSSR count). The predicted molar refractivity (Wildman–Crippen MR) is 89.7 cm³/mol. The van der Waals surface area contributed by atoms with Gasteiger partial charge in [0.25, 0.3) is 0 Å². The first-order valence-electron chi connectivity index (χ1n) is 7.87. The number of hydrogen-bond acceptors (Lipinski definition) is 4. The van der Waals surface area contributed by atoms with Gasteiger partial charge in [0.05, 0.1) is 11.8 Å². The summed E-state index contributed by atoms with van der Waals surface area (Å²) in [6, 6.07) is 0.0742. The molecule has 0 bridgehead atoms. The van der Waals surface area contributed by atoms with Crippen LogP contribution in [0.25, 0.3) is 0 Å². The average Bonchev–Trinajstić information content (AvgIpc) is 3.15. The molecule has 1 saturated heterocycles. The molecule has 0 amide bonds. The Hall–Kier alpha value is -1.24. The van der Waals surface area contributed by atoms with Crippen LogP contribution in [-0.4, -0.2) is 57.4 Å². The van der Waals surface area contributed by atoms with E-state index in [-0.39, 0.29) is 11.8 Å². The van der Waals surface area contributed by atoms with Crippen LogP contribution in [0.2, 0.25) is 0 Å². The number of rotatable bonds is 6. The molecule has 0 radical (unpaired) electrons. The van der Waals surface area contributed by atoms with Crippen molar-refractivity contribution in [1.82, 2.24) is 9.62 Å². The zero-order valence-electron chi connectivity index (χ0n) is 13.0. The topological polar surface area (TPSA) is 61.8 Å². The van der Waals surface area contributed by atoms with E-state index < -0.39 is 10.0 Å². The summed E-state index contributed by atoms with van der Waals surface area (Å²) >= 11 is 0. The highest BCUT2D eigenvalue weighted by atomic mass is 32.2. The van der Waals surface area contributed by atoms with Crippen molar-refractivity contribution in [2.45, 2.75) is 25.3 Å². The minimum absolute atomic E-state index is 0.0742. The van der Waals surface area contributed by atoms with Crippen LogP contribution in [0, 0.1) is 0 Å². The van der Waals surface area contributed by atoms with E-state index in [0.717, 1.165) is 37.0 Å². The maximum atomic E-state index is 12.4. The van der Waals surface area contributed by atoms with Crippen LogP contribution in [0.3, 0.4) is 0 Å². The molecule has 0 saturated carbocycles. The molecule has 0 aromatic carbocycles. The normalized spacial score (nSPS) is 25.0. The van der Waals surface area contributed by atoms with Gasteiger partial charge < -0.3 is 5.32 Å². The van der Waals surface area contributed by atoms with Gasteiger partial charge in [-0.25, -0.2) is 12.7 Å². The molecule has 5 nitrogen and oxygen atoms in total. The van der Waals surface area contributed by atoms with Crippen molar-refractivity contribution in [3.63, 3.8) is 0 Å². The third kappa shape index (κ3) is 3.24. The average molecular weight is 321 g/mol. The number of nitrogens with zero attached hydrogens (tertiary/aromatic N) is 2. The Labute approximate surface area is 132 Å². The fraction of sp³-hybridized carbons (Fsp3) is 0.562. The van der Waals surface area contributed by atoms with E-state index in [1.165, 1.54) is 5.57 Å². The highest BCUT2D eigenvalue weighted by molar-refractivity contribution is 7.89. The van der Waals surface area contributed by atoms with Gasteiger partial charge in [-0.1, -0.05) is 18.2 Å². The van der Waals surface area contributed by atoms with Crippen LogP contribution in [0.1, 0.15) is 19.3 Å². The molecule has 0 unspecified atom stereocenters. The molecule has 3 aliphatic rings. The second-order valence-corrected chi connectivity index (χ2v) is 7.97. The van der Waals surface area contributed by atoms with Gasteiger partial charge in [-0.3, -0.25) is 4.99 Å². The molecule has 1 atom stereocenters. The third-order valence-corrected chi connectivity index (χ3v) is 6.22. The van der Waals surface area contributed by atoms with Crippen LogP contribution in [0.5, 0.6) is 0 Å². The van der Waals surface area contributed by atoms with Gasteiger partial charge in [0.15, 0.2) is 0 Å². The van der Waals surface area contributed by atoms with Crippen molar-refractivity contribution in [2.75, 3.05) is 32.4 Å². The summed E-state index contributed by atoms with van der Waals surface area (Å²) in [6.07, 6.45) is 10.7. The van der Waals surface area contributed by atoms with Crippen molar-refractivity contribution in [3.05, 3.63) is 34.9 Å².